The van der Waals surface area contributed by atoms with Gasteiger partial charge in [-0.15, -0.1) is 0 Å². The minimum atomic E-state index is -0.513. The van der Waals surface area contributed by atoms with Crippen molar-refractivity contribution in [3.8, 4) is 0 Å². The van der Waals surface area contributed by atoms with Gasteiger partial charge in [-0.25, -0.2) is 0 Å². The number of fused-ring (bicyclic) bond motifs is 1. The third-order valence-corrected chi connectivity index (χ3v) is 5.78. The molecule has 1 aromatic carbocycles. The van der Waals surface area contributed by atoms with Crippen LogP contribution in [0.1, 0.15) is 44.9 Å². The van der Waals surface area contributed by atoms with E-state index in [0.717, 1.165) is 11.1 Å². The molecule has 2 aliphatic carbocycles. The van der Waals surface area contributed by atoms with Gasteiger partial charge in [-0.3, -0.25) is 4.79 Å². The highest BCUT2D eigenvalue weighted by Crippen LogP contribution is 2.68. The number of rotatable bonds is 2. The standard InChI is InChI=1S/C17H23NO2/c1-16(2)14(17(16,3)4)15(20)18-13-11-8-6-5-7-10(11)9-12(13)19/h5-8,12-14,19H,9H2,1-4H3,(H,18,20). The molecule has 1 aromatic rings. The van der Waals surface area contributed by atoms with Crippen molar-refractivity contribution in [2.75, 3.05) is 0 Å². The van der Waals surface area contributed by atoms with Crippen LogP contribution in [0.2, 0.25) is 0 Å². The molecule has 2 unspecified atom stereocenters. The topological polar surface area (TPSA) is 49.3 Å². The minimum absolute atomic E-state index is 0.0231. The number of benzene rings is 1. The summed E-state index contributed by atoms with van der Waals surface area (Å²) < 4.78 is 0. The Morgan fingerprint density at radius 1 is 1.20 bits per heavy atom. The Balaban J connectivity index is 1.78. The molecule has 0 radical (unpaired) electrons. The summed E-state index contributed by atoms with van der Waals surface area (Å²) in [6, 6.07) is 7.70. The molecule has 1 amide bonds. The number of amides is 1. The first-order valence-corrected chi connectivity index (χ1v) is 7.33. The van der Waals surface area contributed by atoms with E-state index in [9.17, 15) is 9.90 Å². The molecule has 0 aromatic heterocycles. The van der Waals surface area contributed by atoms with Crippen molar-refractivity contribution in [2.24, 2.45) is 16.7 Å². The summed E-state index contributed by atoms with van der Waals surface area (Å²) in [6.07, 6.45) is 0.111. The summed E-state index contributed by atoms with van der Waals surface area (Å²) in [7, 11) is 0. The maximum absolute atomic E-state index is 12.5. The largest absolute Gasteiger partial charge is 0.390 e. The summed E-state index contributed by atoms with van der Waals surface area (Å²) in [5, 5.41) is 13.3. The van der Waals surface area contributed by atoms with E-state index < -0.39 is 6.10 Å². The zero-order chi connectivity index (χ0) is 14.7. The lowest BCUT2D eigenvalue weighted by atomic mass is 10.0. The fraction of sp³-hybridized carbons (Fsp3) is 0.588. The van der Waals surface area contributed by atoms with Crippen LogP contribution in [-0.4, -0.2) is 17.1 Å². The maximum Gasteiger partial charge on any atom is 0.224 e. The third kappa shape index (κ3) is 1.72. The Kier molecular flexibility index (Phi) is 2.78. The second-order valence-electron chi connectivity index (χ2n) is 7.33. The maximum atomic E-state index is 12.5. The van der Waals surface area contributed by atoms with Gasteiger partial charge in [-0.1, -0.05) is 52.0 Å². The molecule has 1 fully saturated rings. The van der Waals surface area contributed by atoms with E-state index in [-0.39, 0.29) is 28.7 Å². The number of carbonyl (C=O) groups is 1. The smallest absolute Gasteiger partial charge is 0.224 e. The predicted octanol–water partition coefficient (Wildman–Crippen LogP) is 2.44. The molecule has 3 nitrogen and oxygen atoms in total. The quantitative estimate of drug-likeness (QED) is 0.869. The zero-order valence-electron chi connectivity index (χ0n) is 12.6. The van der Waals surface area contributed by atoms with Crippen LogP contribution in [0.3, 0.4) is 0 Å². The van der Waals surface area contributed by atoms with Crippen LogP contribution in [-0.2, 0) is 11.2 Å². The van der Waals surface area contributed by atoms with Crippen LogP contribution in [0, 0.1) is 16.7 Å². The Hall–Kier alpha value is -1.35. The molecule has 108 valence electrons. The predicted molar refractivity (Wildman–Crippen MR) is 78.1 cm³/mol. The van der Waals surface area contributed by atoms with Gasteiger partial charge in [0.25, 0.3) is 0 Å². The SMILES string of the molecule is CC1(C)C(C(=O)NC2c3ccccc3CC2O)C1(C)C. The molecular formula is C17H23NO2. The molecule has 3 rings (SSSR count). The van der Waals surface area contributed by atoms with Crippen molar-refractivity contribution >= 4 is 5.91 Å². The van der Waals surface area contributed by atoms with E-state index in [1.807, 2.05) is 24.3 Å². The van der Waals surface area contributed by atoms with Gasteiger partial charge in [0.05, 0.1) is 12.1 Å². The summed E-state index contributed by atoms with van der Waals surface area (Å²) in [6.45, 7) is 8.54. The fourth-order valence-electron chi connectivity index (χ4n) is 3.84. The highest BCUT2D eigenvalue weighted by molar-refractivity contribution is 5.84. The van der Waals surface area contributed by atoms with E-state index in [1.165, 1.54) is 0 Å². The molecule has 0 heterocycles. The van der Waals surface area contributed by atoms with Crippen molar-refractivity contribution in [1.29, 1.82) is 0 Å². The lowest BCUT2D eigenvalue weighted by Crippen LogP contribution is -2.36. The molecule has 2 N–H and O–H groups in total. The molecule has 0 aliphatic heterocycles. The Bertz CT molecular complexity index is 548. The highest BCUT2D eigenvalue weighted by atomic mass is 16.3. The molecule has 2 aliphatic rings. The van der Waals surface area contributed by atoms with Gasteiger partial charge in [0.1, 0.15) is 0 Å². The Morgan fingerprint density at radius 3 is 2.40 bits per heavy atom. The average molecular weight is 273 g/mol. The van der Waals surface area contributed by atoms with Crippen molar-refractivity contribution in [3.05, 3.63) is 35.4 Å². The van der Waals surface area contributed by atoms with Gasteiger partial charge in [-0.05, 0) is 22.0 Å². The molecule has 3 heteroatoms. The van der Waals surface area contributed by atoms with Crippen molar-refractivity contribution in [3.63, 3.8) is 0 Å². The normalized spacial score (nSPS) is 29.9. The molecule has 0 saturated heterocycles. The molecule has 0 spiro atoms. The number of nitrogens with one attached hydrogen (secondary N) is 1. The van der Waals surface area contributed by atoms with Crippen LogP contribution < -0.4 is 5.32 Å². The first-order chi connectivity index (χ1) is 9.26. The summed E-state index contributed by atoms with van der Waals surface area (Å²) in [5.74, 6) is 0.0933. The zero-order valence-corrected chi connectivity index (χ0v) is 12.6. The summed E-state index contributed by atoms with van der Waals surface area (Å²) in [4.78, 5) is 12.5. The van der Waals surface area contributed by atoms with Gasteiger partial charge < -0.3 is 10.4 Å². The van der Waals surface area contributed by atoms with Crippen LogP contribution in [0.25, 0.3) is 0 Å². The second kappa shape index (κ2) is 4.08. The number of hydrogen-bond acceptors (Lipinski definition) is 2. The van der Waals surface area contributed by atoms with E-state index in [0.29, 0.717) is 6.42 Å². The van der Waals surface area contributed by atoms with E-state index in [1.54, 1.807) is 0 Å². The van der Waals surface area contributed by atoms with E-state index in [4.69, 9.17) is 0 Å². The lowest BCUT2D eigenvalue weighted by Gasteiger charge is -2.18. The number of aliphatic hydroxyl groups is 1. The Morgan fingerprint density at radius 2 is 1.80 bits per heavy atom. The van der Waals surface area contributed by atoms with E-state index in [2.05, 4.69) is 33.0 Å². The average Bonchev–Trinajstić information content (AvgIpc) is 2.63. The number of carbonyl (C=O) groups excluding carboxylic acids is 1. The first-order valence-electron chi connectivity index (χ1n) is 7.33. The van der Waals surface area contributed by atoms with Gasteiger partial charge >= 0.3 is 0 Å². The summed E-state index contributed by atoms with van der Waals surface area (Å²) in [5.41, 5.74) is 2.25. The second-order valence-corrected chi connectivity index (χ2v) is 7.33. The molecule has 20 heavy (non-hydrogen) atoms. The molecule has 2 atom stereocenters. The van der Waals surface area contributed by atoms with Crippen LogP contribution in [0.4, 0.5) is 0 Å². The monoisotopic (exact) mass is 273 g/mol. The van der Waals surface area contributed by atoms with Gasteiger partial charge in [-0.2, -0.15) is 0 Å². The van der Waals surface area contributed by atoms with E-state index >= 15 is 0 Å². The van der Waals surface area contributed by atoms with Crippen LogP contribution in [0.5, 0.6) is 0 Å². The fourth-order valence-corrected chi connectivity index (χ4v) is 3.84. The first kappa shape index (κ1) is 13.6. The summed E-state index contributed by atoms with van der Waals surface area (Å²) >= 11 is 0. The highest BCUT2D eigenvalue weighted by Gasteiger charge is 2.68. The van der Waals surface area contributed by atoms with Crippen molar-refractivity contribution in [2.45, 2.75) is 46.3 Å². The van der Waals surface area contributed by atoms with Crippen LogP contribution in [0.15, 0.2) is 24.3 Å². The van der Waals surface area contributed by atoms with Gasteiger partial charge in [0.2, 0.25) is 5.91 Å². The van der Waals surface area contributed by atoms with Crippen LogP contribution >= 0.6 is 0 Å². The number of aliphatic hydroxyl groups excluding tert-OH is 1. The van der Waals surface area contributed by atoms with Crippen molar-refractivity contribution < 1.29 is 9.90 Å². The van der Waals surface area contributed by atoms with Gasteiger partial charge in [0.15, 0.2) is 0 Å². The lowest BCUT2D eigenvalue weighted by molar-refractivity contribution is -0.125. The molecule has 1 saturated carbocycles. The minimum Gasteiger partial charge on any atom is -0.390 e. The van der Waals surface area contributed by atoms with Gasteiger partial charge in [0, 0.05) is 12.3 Å². The number of hydrogen-bond donors (Lipinski definition) is 2. The van der Waals surface area contributed by atoms with Crippen molar-refractivity contribution in [1.82, 2.24) is 5.32 Å². The molecule has 0 bridgehead atoms. The molecular weight excluding hydrogens is 250 g/mol. The third-order valence-electron chi connectivity index (χ3n) is 5.78. The Labute approximate surface area is 120 Å².